The van der Waals surface area contributed by atoms with Crippen molar-refractivity contribution in [1.82, 2.24) is 20.5 Å². The summed E-state index contributed by atoms with van der Waals surface area (Å²) in [7, 11) is 0. The second kappa shape index (κ2) is 23.1. The van der Waals surface area contributed by atoms with Crippen LogP contribution in [-0.4, -0.2) is 108 Å². The Morgan fingerprint density at radius 1 is 0.958 bits per heavy atom. The van der Waals surface area contributed by atoms with Gasteiger partial charge < -0.3 is 39.4 Å². The average molecular weight is 1020 g/mol. The van der Waals surface area contributed by atoms with Gasteiger partial charge in [0.15, 0.2) is 5.11 Å². The fraction of sp³-hybridized carbons (Fsp3) is 0.471. The number of nitrogens with zero attached hydrogens (tertiary/aromatic N) is 5. The van der Waals surface area contributed by atoms with E-state index in [2.05, 4.69) is 15.6 Å². The molecule has 4 atom stereocenters. The molecule has 0 aliphatic carbocycles. The molecule has 71 heavy (non-hydrogen) atoms. The van der Waals surface area contributed by atoms with Gasteiger partial charge in [0.25, 0.3) is 5.91 Å². The van der Waals surface area contributed by atoms with Gasteiger partial charge in [0.1, 0.15) is 36.6 Å². The quantitative estimate of drug-likeness (QED) is 0.0647. The van der Waals surface area contributed by atoms with Crippen LogP contribution in [0.25, 0.3) is 10.4 Å². The number of hydrogen-bond acceptors (Lipinski definition) is 12. The molecule has 2 fully saturated rings. The topological polar surface area (TPSA) is 176 Å². The maximum atomic E-state index is 14.0. The van der Waals surface area contributed by atoms with Crippen molar-refractivity contribution in [3.05, 3.63) is 94.6 Å². The number of nitriles is 1. The Hall–Kier alpha value is -5.98. The van der Waals surface area contributed by atoms with E-state index in [0.29, 0.717) is 37.4 Å². The van der Waals surface area contributed by atoms with Gasteiger partial charge in [-0.1, -0.05) is 45.0 Å². The zero-order chi connectivity index (χ0) is 51.8. The Balaban J connectivity index is 0.888. The minimum Gasteiger partial charge on any atom is -0.491 e. The summed E-state index contributed by atoms with van der Waals surface area (Å²) in [6.45, 7) is 15.6. The molecule has 1 unspecified atom stereocenters. The number of rotatable bonds is 20. The van der Waals surface area contributed by atoms with E-state index in [-0.39, 0.29) is 67.9 Å². The summed E-state index contributed by atoms with van der Waals surface area (Å²) in [6, 6.07) is 17.7. The van der Waals surface area contributed by atoms with Crippen LogP contribution in [0.15, 0.2) is 72.2 Å². The maximum Gasteiger partial charge on any atom is 0.417 e. The van der Waals surface area contributed by atoms with E-state index in [1.807, 2.05) is 71.3 Å². The maximum absolute atomic E-state index is 14.0. The molecular weight excluding hydrogens is 960 g/mol. The lowest BCUT2D eigenvalue weighted by Gasteiger charge is -2.35. The monoisotopic (exact) mass is 1020 g/mol. The summed E-state index contributed by atoms with van der Waals surface area (Å²) in [5, 5.41) is 15.0. The average Bonchev–Trinajstić information content (AvgIpc) is 4.04. The van der Waals surface area contributed by atoms with Crippen molar-refractivity contribution in [1.29, 1.82) is 5.26 Å². The highest BCUT2D eigenvalue weighted by Crippen LogP contribution is 2.40. The third-order valence-corrected chi connectivity index (χ3v) is 13.7. The van der Waals surface area contributed by atoms with Crippen LogP contribution in [-0.2, 0) is 46.1 Å². The number of aromatic nitrogens is 1. The molecule has 4 amide bonds. The molecule has 0 spiro atoms. The SMILES string of the molecule is Cc1ncsc1-c1ccc(CNC(=O)[C@@H]2CCCN2C(=O)C(NC(=O)COCCO[C@H](C)[C@@H](C)OCCOc2ccc(N3C(=S)N(c4ccc(C#N)c(C(F)(F)F)c4)C(=O)C3(C)C)cc2)C(C)(C)C)cc1. The van der Waals surface area contributed by atoms with Crippen LogP contribution in [0.1, 0.15) is 83.7 Å². The minimum atomic E-state index is -4.81. The third kappa shape index (κ3) is 13.1. The van der Waals surface area contributed by atoms with E-state index >= 15 is 0 Å². The van der Waals surface area contributed by atoms with Gasteiger partial charge in [0.05, 0.1) is 71.0 Å². The number of alkyl halides is 3. The van der Waals surface area contributed by atoms with Crippen molar-refractivity contribution in [2.24, 2.45) is 5.41 Å². The second-order valence-electron chi connectivity index (χ2n) is 18.9. The lowest BCUT2D eigenvalue weighted by atomic mass is 9.85. The smallest absolute Gasteiger partial charge is 0.417 e. The molecule has 0 radical (unpaired) electrons. The minimum absolute atomic E-state index is 0.0199. The summed E-state index contributed by atoms with van der Waals surface area (Å²) in [6.07, 6.45) is -4.28. The summed E-state index contributed by atoms with van der Waals surface area (Å²) in [5.41, 5.74) is 1.58. The molecule has 6 rings (SSSR count). The van der Waals surface area contributed by atoms with Crippen LogP contribution < -0.4 is 25.2 Å². The molecule has 4 aromatic rings. The number of ether oxygens (including phenoxy) is 4. The number of likely N-dealkylation sites (tertiary alicyclic amines) is 1. The molecule has 2 saturated heterocycles. The number of anilines is 2. The molecule has 2 aliphatic heterocycles. The van der Waals surface area contributed by atoms with E-state index in [9.17, 15) is 37.6 Å². The van der Waals surface area contributed by atoms with Crippen LogP contribution in [0.2, 0.25) is 0 Å². The Labute approximate surface area is 421 Å². The number of benzene rings is 3. The van der Waals surface area contributed by atoms with Crippen LogP contribution >= 0.6 is 23.6 Å². The van der Waals surface area contributed by atoms with Crippen molar-refractivity contribution in [2.75, 3.05) is 49.4 Å². The number of thiocarbonyl (C=S) groups is 1. The number of carbonyl (C=O) groups is 4. The third-order valence-electron chi connectivity index (χ3n) is 12.4. The van der Waals surface area contributed by atoms with Crippen molar-refractivity contribution < 1.29 is 51.3 Å². The zero-order valence-corrected chi connectivity index (χ0v) is 42.7. The van der Waals surface area contributed by atoms with Crippen molar-refractivity contribution in [3.8, 4) is 22.3 Å². The first-order chi connectivity index (χ1) is 33.5. The van der Waals surface area contributed by atoms with Gasteiger partial charge in [-0.2, -0.15) is 18.4 Å². The highest BCUT2D eigenvalue weighted by molar-refractivity contribution is 7.81. The molecule has 2 N–H and O–H groups in total. The lowest BCUT2D eigenvalue weighted by molar-refractivity contribution is -0.144. The number of amides is 4. The molecular formula is C51H60F3N7O8S2. The van der Waals surface area contributed by atoms with Gasteiger partial charge >= 0.3 is 6.18 Å². The number of thiazole rings is 1. The molecule has 0 saturated carbocycles. The molecule has 2 aliphatic rings. The largest absolute Gasteiger partial charge is 0.491 e. The predicted octanol–water partition coefficient (Wildman–Crippen LogP) is 7.97. The number of carbonyl (C=O) groups excluding carboxylic acids is 4. The van der Waals surface area contributed by atoms with Gasteiger partial charge in [-0.05, 0) is 119 Å². The summed E-state index contributed by atoms with van der Waals surface area (Å²) in [5.74, 6) is -1.06. The van der Waals surface area contributed by atoms with Crippen molar-refractivity contribution >= 4 is 63.7 Å². The Bertz CT molecular complexity index is 2600. The molecule has 0 bridgehead atoms. The predicted molar refractivity (Wildman–Crippen MR) is 267 cm³/mol. The van der Waals surface area contributed by atoms with E-state index in [0.717, 1.165) is 38.7 Å². The molecule has 15 nitrogen and oxygen atoms in total. The van der Waals surface area contributed by atoms with Crippen LogP contribution in [0, 0.1) is 23.7 Å². The Morgan fingerprint density at radius 2 is 1.61 bits per heavy atom. The standard InChI is InChI=1S/C51H60F3N7O8S2/c1-31-43(71-30-57-31)35-13-11-34(12-14-35)28-56-45(63)41-10-9-21-59(41)46(64)44(49(4,5)6)58-42(62)29-66-22-23-67-32(2)33(3)68-24-25-69-39-19-17-37(18-20-39)61-48(70)60(47(65)50(61,7)8)38-16-15-36(27-55)40(26-38)51(52,53)54/h11-20,26,30,32-33,41,44H,9-10,21-25,28-29H2,1-8H3,(H,56,63)(H,58,62)/t32-,33-,41+,44?/m1/s1. The van der Waals surface area contributed by atoms with Gasteiger partial charge in [-0.25, -0.2) is 4.98 Å². The number of hydrogen-bond donors (Lipinski definition) is 2. The fourth-order valence-corrected chi connectivity index (χ4v) is 9.59. The van der Waals surface area contributed by atoms with Crippen LogP contribution in [0.5, 0.6) is 5.75 Å². The molecule has 3 heterocycles. The molecule has 3 aromatic carbocycles. The number of nitrogens with one attached hydrogen (secondary N) is 2. The van der Waals surface area contributed by atoms with Crippen LogP contribution in [0.4, 0.5) is 24.5 Å². The summed E-state index contributed by atoms with van der Waals surface area (Å²) < 4.78 is 64.5. The van der Waals surface area contributed by atoms with E-state index in [1.54, 1.807) is 65.3 Å². The first-order valence-corrected chi connectivity index (χ1v) is 24.5. The van der Waals surface area contributed by atoms with Crippen molar-refractivity contribution in [3.63, 3.8) is 0 Å². The van der Waals surface area contributed by atoms with E-state index in [1.165, 1.54) is 6.07 Å². The first kappa shape index (κ1) is 54.4. The highest BCUT2D eigenvalue weighted by Gasteiger charge is 2.51. The molecule has 1 aromatic heterocycles. The van der Waals surface area contributed by atoms with Gasteiger partial charge in [0.2, 0.25) is 17.7 Å². The lowest BCUT2D eigenvalue weighted by Crippen LogP contribution is -2.58. The summed E-state index contributed by atoms with van der Waals surface area (Å²) >= 11 is 7.21. The van der Waals surface area contributed by atoms with Gasteiger partial charge in [-0.15, -0.1) is 11.3 Å². The highest BCUT2D eigenvalue weighted by atomic mass is 32.1. The zero-order valence-electron chi connectivity index (χ0n) is 41.1. The summed E-state index contributed by atoms with van der Waals surface area (Å²) in [4.78, 5) is 63.6. The van der Waals surface area contributed by atoms with Crippen molar-refractivity contribution in [2.45, 2.75) is 111 Å². The van der Waals surface area contributed by atoms with Crippen LogP contribution in [0.3, 0.4) is 0 Å². The Morgan fingerprint density at radius 3 is 2.21 bits per heavy atom. The number of halogens is 3. The van der Waals surface area contributed by atoms with Gasteiger partial charge in [-0.3, -0.25) is 24.1 Å². The second-order valence-corrected chi connectivity index (χ2v) is 20.2. The van der Waals surface area contributed by atoms with E-state index < -0.39 is 52.2 Å². The van der Waals surface area contributed by atoms with Gasteiger partial charge in [0, 0.05) is 18.8 Å². The first-order valence-electron chi connectivity index (χ1n) is 23.2. The Kier molecular flexibility index (Phi) is 17.6. The molecule has 20 heteroatoms. The molecule has 380 valence electrons. The van der Waals surface area contributed by atoms with E-state index in [4.69, 9.17) is 31.2 Å². The fourth-order valence-electron chi connectivity index (χ4n) is 8.25. The normalized spacial score (nSPS) is 17.2. The number of aryl methyl sites for hydroxylation is 1.